The van der Waals surface area contributed by atoms with Gasteiger partial charge >= 0.3 is 0 Å². The number of anilines is 1. The largest absolute Gasteiger partial charge is 0.482 e. The molecule has 0 aromatic heterocycles. The summed E-state index contributed by atoms with van der Waals surface area (Å²) in [6, 6.07) is 7.66. The van der Waals surface area contributed by atoms with Crippen molar-refractivity contribution in [1.82, 2.24) is 5.32 Å². The van der Waals surface area contributed by atoms with Crippen molar-refractivity contribution < 1.29 is 9.53 Å². The van der Waals surface area contributed by atoms with Crippen molar-refractivity contribution in [3.05, 3.63) is 24.3 Å². The third kappa shape index (κ3) is 2.17. The number of carbonyl (C=O) groups excluding carboxylic acids is 1. The minimum atomic E-state index is 0.0369. The number of fused-ring (bicyclic) bond motifs is 1. The fraction of sp³-hybridized carbons (Fsp3) is 0.417. The maximum absolute atomic E-state index is 11.7. The number of nitrogens with one attached hydrogen (secondary N) is 1. The average Bonchev–Trinajstić information content (AvgIpc) is 2.32. The molecular weight excluding hydrogens is 204 g/mol. The second-order valence-electron chi connectivity index (χ2n) is 3.76. The number of rotatable bonds is 4. The van der Waals surface area contributed by atoms with E-state index < -0.39 is 0 Å². The fourth-order valence-corrected chi connectivity index (χ4v) is 1.81. The predicted molar refractivity (Wildman–Crippen MR) is 62.8 cm³/mol. The zero-order valence-electron chi connectivity index (χ0n) is 9.40. The molecule has 1 aliphatic heterocycles. The van der Waals surface area contributed by atoms with Crippen molar-refractivity contribution in [1.29, 1.82) is 0 Å². The van der Waals surface area contributed by atoms with Crippen LogP contribution in [0.15, 0.2) is 24.3 Å². The minimum absolute atomic E-state index is 0.0369. The summed E-state index contributed by atoms with van der Waals surface area (Å²) in [7, 11) is 1.91. The van der Waals surface area contributed by atoms with Crippen molar-refractivity contribution in [3.63, 3.8) is 0 Å². The van der Waals surface area contributed by atoms with E-state index in [4.69, 9.17) is 4.74 Å². The SMILES string of the molecule is CNCCCN1C(=O)COc2ccccc21. The van der Waals surface area contributed by atoms with E-state index >= 15 is 0 Å². The van der Waals surface area contributed by atoms with Gasteiger partial charge in [-0.1, -0.05) is 12.1 Å². The number of nitrogens with zero attached hydrogens (tertiary/aromatic N) is 1. The Morgan fingerprint density at radius 3 is 3.06 bits per heavy atom. The van der Waals surface area contributed by atoms with E-state index in [2.05, 4.69) is 5.32 Å². The zero-order chi connectivity index (χ0) is 11.4. The molecule has 0 saturated heterocycles. The van der Waals surface area contributed by atoms with E-state index in [0.717, 1.165) is 30.9 Å². The van der Waals surface area contributed by atoms with Crippen LogP contribution < -0.4 is 15.0 Å². The minimum Gasteiger partial charge on any atom is -0.482 e. The highest BCUT2D eigenvalue weighted by Crippen LogP contribution is 2.31. The van der Waals surface area contributed by atoms with Crippen molar-refractivity contribution in [3.8, 4) is 5.75 Å². The summed E-state index contributed by atoms with van der Waals surface area (Å²) in [5.41, 5.74) is 0.884. The monoisotopic (exact) mass is 220 g/mol. The van der Waals surface area contributed by atoms with Crippen molar-refractivity contribution in [2.24, 2.45) is 0 Å². The van der Waals surface area contributed by atoms with Crippen LogP contribution in [0.1, 0.15) is 6.42 Å². The average molecular weight is 220 g/mol. The van der Waals surface area contributed by atoms with Crippen molar-refractivity contribution in [2.45, 2.75) is 6.42 Å². The number of ether oxygens (including phenoxy) is 1. The van der Waals surface area contributed by atoms with Gasteiger partial charge < -0.3 is 15.0 Å². The third-order valence-corrected chi connectivity index (χ3v) is 2.62. The second-order valence-corrected chi connectivity index (χ2v) is 3.76. The van der Waals surface area contributed by atoms with Crippen molar-refractivity contribution in [2.75, 3.05) is 31.6 Å². The first kappa shape index (κ1) is 11.0. The zero-order valence-corrected chi connectivity index (χ0v) is 9.40. The maximum atomic E-state index is 11.7. The molecular formula is C12H16N2O2. The van der Waals surface area contributed by atoms with Crippen LogP contribution >= 0.6 is 0 Å². The van der Waals surface area contributed by atoms with Gasteiger partial charge in [0, 0.05) is 6.54 Å². The van der Waals surface area contributed by atoms with Gasteiger partial charge in [-0.2, -0.15) is 0 Å². The van der Waals surface area contributed by atoms with Crippen LogP contribution in [0.3, 0.4) is 0 Å². The van der Waals surface area contributed by atoms with Gasteiger partial charge in [0.25, 0.3) is 5.91 Å². The highest BCUT2D eigenvalue weighted by atomic mass is 16.5. The molecule has 2 rings (SSSR count). The predicted octanol–water partition coefficient (Wildman–Crippen LogP) is 1.02. The van der Waals surface area contributed by atoms with Crippen LogP contribution in [0.2, 0.25) is 0 Å². The van der Waals surface area contributed by atoms with Crippen LogP contribution in [-0.2, 0) is 4.79 Å². The van der Waals surface area contributed by atoms with Crippen LogP contribution in [0.4, 0.5) is 5.69 Å². The summed E-state index contributed by atoms with van der Waals surface area (Å²) < 4.78 is 5.37. The molecule has 4 heteroatoms. The molecule has 0 radical (unpaired) electrons. The van der Waals surface area contributed by atoms with Gasteiger partial charge in [-0.3, -0.25) is 4.79 Å². The summed E-state index contributed by atoms with van der Waals surface area (Å²) in [6.07, 6.45) is 0.941. The first-order valence-electron chi connectivity index (χ1n) is 5.49. The van der Waals surface area contributed by atoms with E-state index in [0.29, 0.717) is 0 Å². The lowest BCUT2D eigenvalue weighted by atomic mass is 10.2. The van der Waals surface area contributed by atoms with Gasteiger partial charge in [0.2, 0.25) is 0 Å². The second kappa shape index (κ2) is 4.99. The number of hydrogen-bond acceptors (Lipinski definition) is 3. The Morgan fingerprint density at radius 2 is 2.25 bits per heavy atom. The highest BCUT2D eigenvalue weighted by molar-refractivity contribution is 5.97. The molecule has 1 heterocycles. The summed E-state index contributed by atoms with van der Waals surface area (Å²) in [4.78, 5) is 13.5. The normalized spacial score (nSPS) is 14.6. The van der Waals surface area contributed by atoms with Crippen LogP contribution in [0, 0.1) is 0 Å². The first-order valence-corrected chi connectivity index (χ1v) is 5.49. The number of carbonyl (C=O) groups is 1. The van der Waals surface area contributed by atoms with Gasteiger partial charge in [0.15, 0.2) is 6.61 Å². The Labute approximate surface area is 95.2 Å². The number of para-hydroxylation sites is 2. The molecule has 0 saturated carbocycles. The lowest BCUT2D eigenvalue weighted by Crippen LogP contribution is -2.40. The number of benzene rings is 1. The Bertz CT molecular complexity index is 379. The smallest absolute Gasteiger partial charge is 0.265 e. The third-order valence-electron chi connectivity index (χ3n) is 2.62. The molecule has 1 aliphatic rings. The molecule has 1 amide bonds. The quantitative estimate of drug-likeness (QED) is 0.770. The lowest BCUT2D eigenvalue weighted by molar-refractivity contribution is -0.121. The molecule has 1 aromatic carbocycles. The van der Waals surface area contributed by atoms with Gasteiger partial charge in [0.1, 0.15) is 5.75 Å². The Balaban J connectivity index is 2.13. The summed E-state index contributed by atoms with van der Waals surface area (Å²) in [6.45, 7) is 1.80. The maximum Gasteiger partial charge on any atom is 0.265 e. The summed E-state index contributed by atoms with van der Waals surface area (Å²) >= 11 is 0. The topological polar surface area (TPSA) is 41.6 Å². The summed E-state index contributed by atoms with van der Waals surface area (Å²) in [5.74, 6) is 0.835. The highest BCUT2D eigenvalue weighted by Gasteiger charge is 2.24. The molecule has 0 aliphatic carbocycles. The van der Waals surface area contributed by atoms with Crippen molar-refractivity contribution >= 4 is 11.6 Å². The van der Waals surface area contributed by atoms with E-state index in [-0.39, 0.29) is 12.5 Å². The Kier molecular flexibility index (Phi) is 3.41. The lowest BCUT2D eigenvalue weighted by Gasteiger charge is -2.29. The molecule has 0 fully saturated rings. The van der Waals surface area contributed by atoms with Crippen LogP contribution in [0.25, 0.3) is 0 Å². The van der Waals surface area contributed by atoms with Crippen LogP contribution in [-0.4, -0.2) is 32.7 Å². The van der Waals surface area contributed by atoms with E-state index in [9.17, 15) is 4.79 Å². The van der Waals surface area contributed by atoms with Gasteiger partial charge in [-0.05, 0) is 32.1 Å². The number of amides is 1. The molecule has 86 valence electrons. The molecule has 0 atom stereocenters. The van der Waals surface area contributed by atoms with E-state index in [1.54, 1.807) is 4.90 Å². The molecule has 0 bridgehead atoms. The Hall–Kier alpha value is -1.55. The number of hydrogen-bond donors (Lipinski definition) is 1. The van der Waals surface area contributed by atoms with Gasteiger partial charge in [-0.15, -0.1) is 0 Å². The molecule has 1 N–H and O–H groups in total. The first-order chi connectivity index (χ1) is 7.83. The van der Waals surface area contributed by atoms with Gasteiger partial charge in [0.05, 0.1) is 5.69 Å². The molecule has 1 aromatic rings. The van der Waals surface area contributed by atoms with E-state index in [1.807, 2.05) is 31.3 Å². The molecule has 4 nitrogen and oxygen atoms in total. The molecule has 16 heavy (non-hydrogen) atoms. The standard InChI is InChI=1S/C12H16N2O2/c1-13-7-4-8-14-10-5-2-3-6-11(10)16-9-12(14)15/h2-3,5-6,13H,4,7-9H2,1H3. The van der Waals surface area contributed by atoms with Crippen LogP contribution in [0.5, 0.6) is 5.75 Å². The van der Waals surface area contributed by atoms with Gasteiger partial charge in [-0.25, -0.2) is 0 Å². The molecule has 0 unspecified atom stereocenters. The molecule has 0 spiro atoms. The summed E-state index contributed by atoms with van der Waals surface area (Å²) in [5, 5.41) is 3.08. The van der Waals surface area contributed by atoms with E-state index in [1.165, 1.54) is 0 Å². The Morgan fingerprint density at radius 1 is 1.44 bits per heavy atom. The fourth-order valence-electron chi connectivity index (χ4n) is 1.81.